The number of aromatic nitrogens is 5. The van der Waals surface area contributed by atoms with Crippen molar-refractivity contribution in [2.24, 2.45) is 0 Å². The summed E-state index contributed by atoms with van der Waals surface area (Å²) in [7, 11) is 0. The van der Waals surface area contributed by atoms with E-state index in [9.17, 15) is 0 Å². The Morgan fingerprint density at radius 2 is 1.78 bits per heavy atom. The summed E-state index contributed by atoms with van der Waals surface area (Å²) in [5, 5.41) is 8.96. The molecule has 1 aliphatic rings. The van der Waals surface area contributed by atoms with Crippen molar-refractivity contribution < 1.29 is 0 Å². The molecule has 8 heteroatoms. The van der Waals surface area contributed by atoms with Gasteiger partial charge >= 0.3 is 0 Å². The van der Waals surface area contributed by atoms with Crippen molar-refractivity contribution in [3.8, 4) is 0 Å². The summed E-state index contributed by atoms with van der Waals surface area (Å²) in [6.07, 6.45) is 7.44. The first-order chi connectivity index (χ1) is 11.2. The van der Waals surface area contributed by atoms with E-state index in [2.05, 4.69) is 25.2 Å². The summed E-state index contributed by atoms with van der Waals surface area (Å²) in [5.41, 5.74) is 1.51. The highest BCUT2D eigenvalue weighted by Gasteiger charge is 2.22. The molecule has 1 saturated heterocycles. The van der Waals surface area contributed by atoms with E-state index in [-0.39, 0.29) is 0 Å². The van der Waals surface area contributed by atoms with Gasteiger partial charge in [0.2, 0.25) is 0 Å². The summed E-state index contributed by atoms with van der Waals surface area (Å²) in [6.45, 7) is 1.82. The Labute approximate surface area is 143 Å². The number of anilines is 1. The second-order valence-electron chi connectivity index (χ2n) is 5.58. The molecule has 0 atom stereocenters. The number of rotatable bonds is 2. The van der Waals surface area contributed by atoms with Crippen molar-refractivity contribution in [2.45, 2.75) is 18.9 Å². The highest BCUT2D eigenvalue weighted by Crippen LogP contribution is 2.29. The monoisotopic (exact) mass is 348 g/mol. The standard InChI is InChI=1S/C15H14Cl2N6/c16-11-7-13-14(8-12(11)17)20-15(9-18-13)22-4-1-10(2-5-22)23-6-3-19-21-23/h3,6-10H,1-2,4-5H2. The molecule has 0 bridgehead atoms. The Morgan fingerprint density at radius 3 is 2.48 bits per heavy atom. The number of benzene rings is 1. The summed E-state index contributed by atoms with van der Waals surface area (Å²) < 4.78 is 1.94. The fraction of sp³-hybridized carbons (Fsp3) is 0.333. The zero-order valence-electron chi connectivity index (χ0n) is 12.2. The smallest absolute Gasteiger partial charge is 0.147 e. The van der Waals surface area contributed by atoms with Gasteiger partial charge in [0.15, 0.2) is 0 Å². The topological polar surface area (TPSA) is 59.7 Å². The molecule has 2 aromatic heterocycles. The van der Waals surface area contributed by atoms with Gasteiger partial charge in [-0.1, -0.05) is 28.4 Å². The quantitative estimate of drug-likeness (QED) is 0.710. The molecule has 0 amide bonds. The molecule has 0 unspecified atom stereocenters. The lowest BCUT2D eigenvalue weighted by molar-refractivity contribution is 0.359. The lowest BCUT2D eigenvalue weighted by Crippen LogP contribution is -2.35. The van der Waals surface area contributed by atoms with Gasteiger partial charge in [0.05, 0.1) is 39.5 Å². The van der Waals surface area contributed by atoms with E-state index in [4.69, 9.17) is 23.2 Å². The molecular formula is C15H14Cl2N6. The lowest BCUT2D eigenvalue weighted by atomic mass is 10.1. The van der Waals surface area contributed by atoms with Gasteiger partial charge in [-0.15, -0.1) is 5.10 Å². The average molecular weight is 349 g/mol. The first-order valence-corrected chi connectivity index (χ1v) is 8.19. The molecule has 118 valence electrons. The van der Waals surface area contributed by atoms with E-state index in [0.717, 1.165) is 42.8 Å². The van der Waals surface area contributed by atoms with Crippen LogP contribution in [0.25, 0.3) is 11.0 Å². The van der Waals surface area contributed by atoms with Crippen molar-refractivity contribution >= 4 is 40.1 Å². The Hall–Kier alpha value is -1.92. The zero-order valence-corrected chi connectivity index (χ0v) is 13.7. The second kappa shape index (κ2) is 5.94. The third kappa shape index (κ3) is 2.84. The molecule has 3 heterocycles. The van der Waals surface area contributed by atoms with Crippen LogP contribution in [0.4, 0.5) is 5.82 Å². The second-order valence-corrected chi connectivity index (χ2v) is 6.40. The predicted octanol–water partition coefficient (Wildman–Crippen LogP) is 3.37. The fourth-order valence-corrected chi connectivity index (χ4v) is 3.24. The zero-order chi connectivity index (χ0) is 15.8. The minimum atomic E-state index is 0.399. The molecule has 23 heavy (non-hydrogen) atoms. The van der Waals surface area contributed by atoms with Crippen molar-refractivity contribution in [2.75, 3.05) is 18.0 Å². The number of hydrogen-bond donors (Lipinski definition) is 0. The van der Waals surface area contributed by atoms with E-state index >= 15 is 0 Å². The van der Waals surface area contributed by atoms with Crippen LogP contribution >= 0.6 is 23.2 Å². The van der Waals surface area contributed by atoms with Gasteiger partial charge in [-0.2, -0.15) is 0 Å². The van der Waals surface area contributed by atoms with Crippen LogP contribution in [0.5, 0.6) is 0 Å². The molecule has 0 N–H and O–H groups in total. The molecular weight excluding hydrogens is 335 g/mol. The number of nitrogens with zero attached hydrogens (tertiary/aromatic N) is 6. The maximum atomic E-state index is 6.07. The van der Waals surface area contributed by atoms with Crippen LogP contribution in [0.15, 0.2) is 30.7 Å². The molecule has 6 nitrogen and oxygen atoms in total. The van der Waals surface area contributed by atoms with Gasteiger partial charge in [-0.05, 0) is 25.0 Å². The summed E-state index contributed by atoms with van der Waals surface area (Å²) in [5.74, 6) is 0.868. The van der Waals surface area contributed by atoms with Crippen LogP contribution in [0.1, 0.15) is 18.9 Å². The Bertz CT molecular complexity index is 827. The minimum absolute atomic E-state index is 0.399. The lowest BCUT2D eigenvalue weighted by Gasteiger charge is -2.32. The van der Waals surface area contributed by atoms with Crippen molar-refractivity contribution in [1.82, 2.24) is 25.0 Å². The number of piperidine rings is 1. The van der Waals surface area contributed by atoms with Crippen LogP contribution in [0, 0.1) is 0 Å². The molecule has 0 aliphatic carbocycles. The summed E-state index contributed by atoms with van der Waals surface area (Å²) in [6, 6.07) is 3.90. The first-order valence-electron chi connectivity index (χ1n) is 7.43. The van der Waals surface area contributed by atoms with Crippen LogP contribution in [0.3, 0.4) is 0 Å². The molecule has 0 radical (unpaired) electrons. The fourth-order valence-electron chi connectivity index (χ4n) is 2.92. The highest BCUT2D eigenvalue weighted by molar-refractivity contribution is 6.42. The van der Waals surface area contributed by atoms with Crippen LogP contribution in [-0.4, -0.2) is 38.1 Å². The third-order valence-electron chi connectivity index (χ3n) is 4.18. The van der Waals surface area contributed by atoms with Crippen molar-refractivity contribution in [1.29, 1.82) is 0 Å². The van der Waals surface area contributed by atoms with Crippen molar-refractivity contribution in [3.63, 3.8) is 0 Å². The minimum Gasteiger partial charge on any atom is -0.355 e. The third-order valence-corrected chi connectivity index (χ3v) is 4.90. The van der Waals surface area contributed by atoms with E-state index < -0.39 is 0 Å². The van der Waals surface area contributed by atoms with Gasteiger partial charge in [-0.3, -0.25) is 4.98 Å². The highest BCUT2D eigenvalue weighted by atomic mass is 35.5. The largest absolute Gasteiger partial charge is 0.355 e. The van der Waals surface area contributed by atoms with Gasteiger partial charge in [0, 0.05) is 19.3 Å². The van der Waals surface area contributed by atoms with E-state index in [0.29, 0.717) is 16.1 Å². The van der Waals surface area contributed by atoms with E-state index in [1.54, 1.807) is 24.5 Å². The van der Waals surface area contributed by atoms with Gasteiger partial charge in [0.25, 0.3) is 0 Å². The maximum Gasteiger partial charge on any atom is 0.147 e. The number of hydrogen-bond acceptors (Lipinski definition) is 5. The summed E-state index contributed by atoms with van der Waals surface area (Å²) in [4.78, 5) is 11.4. The van der Waals surface area contributed by atoms with Gasteiger partial charge in [-0.25, -0.2) is 9.67 Å². The SMILES string of the molecule is Clc1cc2ncc(N3CCC(n4ccnn4)CC3)nc2cc1Cl. The molecule has 0 saturated carbocycles. The number of halogens is 2. The normalized spacial score (nSPS) is 16.2. The Balaban J connectivity index is 1.55. The molecule has 0 spiro atoms. The molecule has 1 aliphatic heterocycles. The predicted molar refractivity (Wildman–Crippen MR) is 90.1 cm³/mol. The van der Waals surface area contributed by atoms with Crippen LogP contribution in [-0.2, 0) is 0 Å². The number of fused-ring (bicyclic) bond motifs is 1. The summed E-state index contributed by atoms with van der Waals surface area (Å²) >= 11 is 12.1. The van der Waals surface area contributed by atoms with E-state index in [1.165, 1.54) is 0 Å². The Kier molecular flexibility index (Phi) is 3.79. The first kappa shape index (κ1) is 14.7. The molecule has 3 aromatic rings. The van der Waals surface area contributed by atoms with Gasteiger partial charge in [0.1, 0.15) is 5.82 Å². The molecule has 1 fully saturated rings. The van der Waals surface area contributed by atoms with Crippen LogP contribution < -0.4 is 4.90 Å². The average Bonchev–Trinajstić information content (AvgIpc) is 3.10. The molecule has 1 aromatic carbocycles. The Morgan fingerprint density at radius 1 is 1.04 bits per heavy atom. The van der Waals surface area contributed by atoms with Gasteiger partial charge < -0.3 is 4.90 Å². The van der Waals surface area contributed by atoms with Crippen LogP contribution in [0.2, 0.25) is 10.0 Å². The molecule has 4 rings (SSSR count). The van der Waals surface area contributed by atoms with E-state index in [1.807, 2.05) is 10.9 Å². The van der Waals surface area contributed by atoms with Crippen molar-refractivity contribution in [3.05, 3.63) is 40.8 Å². The maximum absolute atomic E-state index is 6.07.